The van der Waals surface area contributed by atoms with E-state index in [9.17, 15) is 9.90 Å². The monoisotopic (exact) mass is 867 g/mol. The second kappa shape index (κ2) is 34.1. The number of hydrogen-bond donors (Lipinski definition) is 1. The summed E-state index contributed by atoms with van der Waals surface area (Å²) in [4.78, 5) is 12.1. The van der Waals surface area contributed by atoms with Crippen molar-refractivity contribution >= 4 is 5.97 Å². The summed E-state index contributed by atoms with van der Waals surface area (Å²) in [6.45, 7) is 27.0. The molecule has 0 unspecified atom stereocenters. The molecular formula is C43H78O17. The molecule has 0 spiro atoms. The number of carbonyl (C=O) groups is 1. The maximum atomic E-state index is 12.1. The lowest BCUT2D eigenvalue weighted by molar-refractivity contribution is -0.0456. The zero-order chi connectivity index (χ0) is 44.4. The van der Waals surface area contributed by atoms with Crippen LogP contribution in [-0.4, -0.2) is 186 Å². The molecule has 0 saturated heterocycles. The first-order valence-electron chi connectivity index (χ1n) is 21.0. The Hall–Kier alpha value is -2.39. The maximum Gasteiger partial charge on any atom is 0.335 e. The van der Waals surface area contributed by atoms with Crippen molar-refractivity contribution < 1.29 is 81.0 Å². The van der Waals surface area contributed by atoms with Crippen LogP contribution in [0.2, 0.25) is 0 Å². The minimum Gasteiger partial charge on any atom is -0.487 e. The highest BCUT2D eigenvalue weighted by Gasteiger charge is 2.19. The molecule has 0 fully saturated rings. The van der Waals surface area contributed by atoms with Crippen molar-refractivity contribution in [3.63, 3.8) is 0 Å². The van der Waals surface area contributed by atoms with Gasteiger partial charge in [-0.3, -0.25) is 0 Å². The third-order valence-corrected chi connectivity index (χ3v) is 7.23. The largest absolute Gasteiger partial charge is 0.487 e. The van der Waals surface area contributed by atoms with E-state index in [0.29, 0.717) is 119 Å². The van der Waals surface area contributed by atoms with E-state index >= 15 is 0 Å². The number of ether oxygens (including phenoxy) is 15. The van der Waals surface area contributed by atoms with Gasteiger partial charge in [0.2, 0.25) is 5.75 Å². The predicted molar refractivity (Wildman–Crippen MR) is 224 cm³/mol. The van der Waals surface area contributed by atoms with Crippen molar-refractivity contribution in [1.29, 1.82) is 0 Å². The van der Waals surface area contributed by atoms with E-state index in [1.807, 2.05) is 62.3 Å². The fourth-order valence-corrected chi connectivity index (χ4v) is 4.53. The highest BCUT2D eigenvalue weighted by atomic mass is 16.6. The van der Waals surface area contributed by atoms with Crippen LogP contribution in [0.3, 0.4) is 0 Å². The molecule has 17 nitrogen and oxygen atoms in total. The summed E-state index contributed by atoms with van der Waals surface area (Å²) in [7, 11) is 0. The van der Waals surface area contributed by atoms with Crippen molar-refractivity contribution in [1.82, 2.24) is 0 Å². The molecule has 1 aromatic carbocycles. The summed E-state index contributed by atoms with van der Waals surface area (Å²) < 4.78 is 85.1. The van der Waals surface area contributed by atoms with Gasteiger partial charge in [-0.2, -0.15) is 0 Å². The van der Waals surface area contributed by atoms with E-state index in [1.54, 1.807) is 0 Å². The molecule has 0 atom stereocenters. The van der Waals surface area contributed by atoms with Crippen molar-refractivity contribution in [3.05, 3.63) is 17.7 Å². The Morgan fingerprint density at radius 3 is 0.817 bits per heavy atom. The molecule has 1 rings (SSSR count). The highest BCUT2D eigenvalue weighted by molar-refractivity contribution is 5.89. The molecule has 17 heteroatoms. The predicted octanol–water partition coefficient (Wildman–Crippen LogP) is 5.12. The molecular weight excluding hydrogens is 788 g/mol. The van der Waals surface area contributed by atoms with E-state index in [4.69, 9.17) is 71.1 Å². The average molecular weight is 867 g/mol. The molecule has 0 aliphatic rings. The molecule has 352 valence electrons. The van der Waals surface area contributed by atoms with E-state index in [0.717, 1.165) is 0 Å². The third kappa shape index (κ3) is 35.2. The summed E-state index contributed by atoms with van der Waals surface area (Å²) in [5.41, 5.74) is -0.614. The molecule has 0 saturated carbocycles. The Bertz CT molecular complexity index is 1120. The molecule has 1 N–H and O–H groups in total. The minimum absolute atomic E-state index is 0.0329. The Morgan fingerprint density at radius 2 is 0.583 bits per heavy atom. The van der Waals surface area contributed by atoms with Gasteiger partial charge in [0.15, 0.2) is 11.5 Å². The number of benzene rings is 1. The zero-order valence-corrected chi connectivity index (χ0v) is 38.1. The Balaban J connectivity index is 2.55. The van der Waals surface area contributed by atoms with Crippen molar-refractivity contribution in [2.24, 2.45) is 0 Å². The van der Waals surface area contributed by atoms with Gasteiger partial charge in [-0.25, -0.2) is 4.79 Å². The fraction of sp³-hybridized carbons (Fsp3) is 0.837. The first-order chi connectivity index (χ1) is 28.6. The first kappa shape index (κ1) is 55.6. The van der Waals surface area contributed by atoms with E-state index < -0.39 is 5.97 Å². The molecule has 0 radical (unpaired) electrons. The van der Waals surface area contributed by atoms with E-state index in [1.165, 1.54) is 12.1 Å². The molecule has 60 heavy (non-hydrogen) atoms. The third-order valence-electron chi connectivity index (χ3n) is 7.23. The van der Waals surface area contributed by atoms with Crippen LogP contribution in [0.15, 0.2) is 12.1 Å². The van der Waals surface area contributed by atoms with Gasteiger partial charge in [0.1, 0.15) is 19.8 Å². The SMILES string of the molecule is CC(C)(C)OCCOCCOCCOCCOc1cc(C(=O)O)cc(OCCOCCOCCOCCOC(C)(C)C)c1OCCOCCOCCOCCOC(C)(C)C. The molecule has 0 amide bonds. The van der Waals surface area contributed by atoms with Crippen molar-refractivity contribution in [2.45, 2.75) is 79.1 Å². The number of carboxylic acid groups (broad SMARTS) is 1. The smallest absolute Gasteiger partial charge is 0.335 e. The van der Waals surface area contributed by atoms with Crippen LogP contribution in [-0.2, 0) is 56.8 Å². The molecule has 0 bridgehead atoms. The Morgan fingerprint density at radius 1 is 0.367 bits per heavy atom. The molecule has 1 aromatic rings. The number of carboxylic acids is 1. The second-order valence-electron chi connectivity index (χ2n) is 16.0. The van der Waals surface area contributed by atoms with Crippen LogP contribution in [0.1, 0.15) is 72.7 Å². The van der Waals surface area contributed by atoms with E-state index in [-0.39, 0.29) is 79.3 Å². The Kier molecular flexibility index (Phi) is 31.7. The molecule has 0 heterocycles. The van der Waals surface area contributed by atoms with E-state index in [2.05, 4.69) is 0 Å². The van der Waals surface area contributed by atoms with Gasteiger partial charge in [0, 0.05) is 0 Å². The van der Waals surface area contributed by atoms with Crippen LogP contribution in [0.5, 0.6) is 17.2 Å². The van der Waals surface area contributed by atoms with Crippen LogP contribution >= 0.6 is 0 Å². The van der Waals surface area contributed by atoms with Gasteiger partial charge in [-0.15, -0.1) is 0 Å². The quantitative estimate of drug-likeness (QED) is 0.0860. The minimum atomic E-state index is -1.15. The topological polar surface area (TPSA) is 176 Å². The lowest BCUT2D eigenvalue weighted by atomic mass is 10.2. The zero-order valence-electron chi connectivity index (χ0n) is 38.1. The number of hydrogen-bond acceptors (Lipinski definition) is 16. The van der Waals surface area contributed by atoms with Crippen molar-refractivity contribution in [2.75, 3.05) is 159 Å². The summed E-state index contributed by atoms with van der Waals surface area (Å²) in [6, 6.07) is 2.78. The summed E-state index contributed by atoms with van der Waals surface area (Å²) >= 11 is 0. The van der Waals surface area contributed by atoms with Crippen LogP contribution in [0.25, 0.3) is 0 Å². The normalized spacial score (nSPS) is 12.3. The van der Waals surface area contributed by atoms with Gasteiger partial charge < -0.3 is 76.2 Å². The van der Waals surface area contributed by atoms with Gasteiger partial charge in [0.25, 0.3) is 0 Å². The first-order valence-corrected chi connectivity index (χ1v) is 21.0. The molecule has 0 aliphatic carbocycles. The van der Waals surface area contributed by atoms with Crippen LogP contribution < -0.4 is 14.2 Å². The summed E-state index contributed by atoms with van der Waals surface area (Å²) in [6.07, 6.45) is 0. The fourth-order valence-electron chi connectivity index (χ4n) is 4.53. The Labute approximate surface area is 359 Å². The number of aromatic carboxylic acids is 1. The maximum absolute atomic E-state index is 12.1. The van der Waals surface area contributed by atoms with Gasteiger partial charge >= 0.3 is 5.97 Å². The number of rotatable bonds is 40. The van der Waals surface area contributed by atoms with Gasteiger partial charge in [-0.1, -0.05) is 0 Å². The average Bonchev–Trinajstić information content (AvgIpc) is 3.16. The van der Waals surface area contributed by atoms with Gasteiger partial charge in [-0.05, 0) is 74.4 Å². The lowest BCUT2D eigenvalue weighted by Crippen LogP contribution is -2.22. The van der Waals surface area contributed by atoms with Crippen LogP contribution in [0, 0.1) is 0 Å². The lowest BCUT2D eigenvalue weighted by Gasteiger charge is -2.19. The summed E-state index contributed by atoms with van der Waals surface area (Å²) in [5.74, 6) is -0.536. The van der Waals surface area contributed by atoms with Gasteiger partial charge in [0.05, 0.1) is 161 Å². The summed E-state index contributed by atoms with van der Waals surface area (Å²) in [5, 5.41) is 9.85. The highest BCUT2D eigenvalue weighted by Crippen LogP contribution is 2.39. The molecule has 0 aliphatic heterocycles. The van der Waals surface area contributed by atoms with Crippen LogP contribution in [0.4, 0.5) is 0 Å². The standard InChI is InChI=1S/C43H78O17/c1-41(2,3)58-31-25-52-19-13-46-10-16-49-22-28-55-37-34-36(40(44)45)35-38(56-29-23-50-17-11-47-14-20-53-26-32-59-42(4,5)6)39(37)57-30-24-51-18-12-48-15-21-54-27-33-60-43(7,8)9/h34-35H,10-33H2,1-9H3,(H,44,45). The molecule has 0 aromatic heterocycles. The second-order valence-corrected chi connectivity index (χ2v) is 16.0. The van der Waals surface area contributed by atoms with Crippen molar-refractivity contribution in [3.8, 4) is 17.2 Å².